The van der Waals surface area contributed by atoms with Crippen molar-refractivity contribution < 1.29 is 9.13 Å². The highest BCUT2D eigenvalue weighted by Gasteiger charge is 2.24. The van der Waals surface area contributed by atoms with Crippen molar-refractivity contribution in [3.8, 4) is 5.75 Å². The first-order valence-corrected chi connectivity index (χ1v) is 5.96. The van der Waals surface area contributed by atoms with Crippen molar-refractivity contribution in [2.75, 3.05) is 12.4 Å². The molecule has 1 aliphatic heterocycles. The molecule has 2 nitrogen and oxygen atoms in total. The molecular weight excluding hydrogens is 229 g/mol. The van der Waals surface area contributed by atoms with Crippen LogP contribution < -0.4 is 10.1 Å². The maximum atomic E-state index is 13.6. The van der Waals surface area contributed by atoms with E-state index in [1.165, 1.54) is 6.07 Å². The Morgan fingerprint density at radius 3 is 2.61 bits per heavy atom. The summed E-state index contributed by atoms with van der Waals surface area (Å²) >= 11 is 0. The van der Waals surface area contributed by atoms with Gasteiger partial charge in [0.15, 0.2) is 0 Å². The van der Waals surface area contributed by atoms with E-state index in [0.717, 1.165) is 23.3 Å². The predicted octanol–water partition coefficient (Wildman–Crippen LogP) is 3.54. The molecule has 0 saturated carbocycles. The smallest absolute Gasteiger partial charge is 0.146 e. The van der Waals surface area contributed by atoms with Crippen molar-refractivity contribution in [3.05, 3.63) is 59.4 Å². The Balaban J connectivity index is 1.86. The van der Waals surface area contributed by atoms with E-state index in [0.29, 0.717) is 5.69 Å². The number of para-hydroxylation sites is 1. The van der Waals surface area contributed by atoms with Crippen LogP contribution in [0.1, 0.15) is 17.2 Å². The molecule has 3 rings (SSSR count). The molecule has 0 aromatic heterocycles. The average Bonchev–Trinajstić information content (AvgIpc) is 2.84. The van der Waals surface area contributed by atoms with Crippen LogP contribution in [0.15, 0.2) is 42.5 Å². The molecule has 0 bridgehead atoms. The lowest BCUT2D eigenvalue weighted by molar-refractivity contribution is 0.414. The second-order valence-corrected chi connectivity index (χ2v) is 4.45. The summed E-state index contributed by atoms with van der Waals surface area (Å²) in [5.74, 6) is 0.656. The zero-order valence-electron chi connectivity index (χ0n) is 10.1. The van der Waals surface area contributed by atoms with Crippen LogP contribution in [0, 0.1) is 5.82 Å². The van der Waals surface area contributed by atoms with Gasteiger partial charge < -0.3 is 10.1 Å². The van der Waals surface area contributed by atoms with Crippen molar-refractivity contribution in [3.63, 3.8) is 0 Å². The molecule has 1 atom stereocenters. The molecule has 3 heteroatoms. The Kier molecular flexibility index (Phi) is 2.67. The average molecular weight is 243 g/mol. The first kappa shape index (κ1) is 11.1. The van der Waals surface area contributed by atoms with Gasteiger partial charge >= 0.3 is 0 Å². The number of nitrogens with one attached hydrogen (secondary N) is 1. The Morgan fingerprint density at radius 1 is 1.17 bits per heavy atom. The van der Waals surface area contributed by atoms with E-state index >= 15 is 0 Å². The minimum atomic E-state index is -0.177. The van der Waals surface area contributed by atoms with E-state index < -0.39 is 0 Å². The highest BCUT2D eigenvalue weighted by molar-refractivity contribution is 5.59. The molecule has 0 radical (unpaired) electrons. The van der Waals surface area contributed by atoms with E-state index in [1.54, 1.807) is 13.2 Å². The maximum Gasteiger partial charge on any atom is 0.146 e. The maximum absolute atomic E-state index is 13.6. The van der Waals surface area contributed by atoms with Gasteiger partial charge in [0, 0.05) is 0 Å². The van der Waals surface area contributed by atoms with Gasteiger partial charge in [0.2, 0.25) is 0 Å². The summed E-state index contributed by atoms with van der Waals surface area (Å²) in [6.45, 7) is 0. The quantitative estimate of drug-likeness (QED) is 0.871. The number of ether oxygens (including phenoxy) is 1. The predicted molar refractivity (Wildman–Crippen MR) is 69.5 cm³/mol. The van der Waals surface area contributed by atoms with Gasteiger partial charge in [0.05, 0.1) is 18.8 Å². The van der Waals surface area contributed by atoms with Gasteiger partial charge in [0.25, 0.3) is 0 Å². The number of halogens is 1. The lowest BCUT2D eigenvalue weighted by Crippen LogP contribution is -2.05. The standard InChI is InChI=1S/C15H14FNO/c1-18-12-7-5-10(6-8-12)14-9-11-3-2-4-13(16)15(11)17-14/h2-8,14,17H,9H2,1H3. The fourth-order valence-electron chi connectivity index (χ4n) is 2.38. The summed E-state index contributed by atoms with van der Waals surface area (Å²) in [7, 11) is 1.65. The van der Waals surface area contributed by atoms with Gasteiger partial charge in [-0.2, -0.15) is 0 Å². The van der Waals surface area contributed by atoms with Gasteiger partial charge in [0.1, 0.15) is 11.6 Å². The monoisotopic (exact) mass is 243 g/mol. The number of fused-ring (bicyclic) bond motifs is 1. The fourth-order valence-corrected chi connectivity index (χ4v) is 2.38. The molecule has 1 aliphatic rings. The van der Waals surface area contributed by atoms with Crippen LogP contribution in [0.2, 0.25) is 0 Å². The first-order chi connectivity index (χ1) is 8.78. The Morgan fingerprint density at radius 2 is 1.94 bits per heavy atom. The largest absolute Gasteiger partial charge is 0.497 e. The number of rotatable bonds is 2. The molecule has 2 aromatic carbocycles. The second kappa shape index (κ2) is 4.33. The zero-order chi connectivity index (χ0) is 12.5. The van der Waals surface area contributed by atoms with E-state index in [2.05, 4.69) is 5.32 Å². The number of anilines is 1. The molecule has 92 valence electrons. The molecule has 0 fully saturated rings. The highest BCUT2D eigenvalue weighted by Crippen LogP contribution is 2.36. The van der Waals surface area contributed by atoms with Gasteiger partial charge in [-0.25, -0.2) is 4.39 Å². The van der Waals surface area contributed by atoms with Crippen LogP contribution in [0.25, 0.3) is 0 Å². The van der Waals surface area contributed by atoms with Gasteiger partial charge in [-0.1, -0.05) is 24.3 Å². The summed E-state index contributed by atoms with van der Waals surface area (Å²) in [5, 5.41) is 3.24. The molecule has 2 aromatic rings. The van der Waals surface area contributed by atoms with Crippen LogP contribution in [0.3, 0.4) is 0 Å². The van der Waals surface area contributed by atoms with Crippen molar-refractivity contribution in [2.24, 2.45) is 0 Å². The van der Waals surface area contributed by atoms with E-state index in [1.807, 2.05) is 30.3 Å². The molecule has 1 heterocycles. The zero-order valence-corrected chi connectivity index (χ0v) is 10.1. The third-order valence-corrected chi connectivity index (χ3v) is 3.36. The lowest BCUT2D eigenvalue weighted by Gasteiger charge is -2.12. The molecule has 1 N–H and O–H groups in total. The molecule has 1 unspecified atom stereocenters. The summed E-state index contributed by atoms with van der Waals surface area (Å²) in [5.41, 5.74) is 2.82. The summed E-state index contributed by atoms with van der Waals surface area (Å²) < 4.78 is 18.7. The van der Waals surface area contributed by atoms with Crippen LogP contribution in [0.5, 0.6) is 5.75 Å². The number of hydrogen-bond acceptors (Lipinski definition) is 2. The number of benzene rings is 2. The minimum Gasteiger partial charge on any atom is -0.497 e. The molecule has 0 saturated heterocycles. The van der Waals surface area contributed by atoms with Crippen molar-refractivity contribution in [1.29, 1.82) is 0 Å². The summed E-state index contributed by atoms with van der Waals surface area (Å²) in [6.07, 6.45) is 0.819. The highest BCUT2D eigenvalue weighted by atomic mass is 19.1. The Hall–Kier alpha value is -2.03. The second-order valence-electron chi connectivity index (χ2n) is 4.45. The third kappa shape index (κ3) is 1.82. The first-order valence-electron chi connectivity index (χ1n) is 5.96. The Bertz CT molecular complexity index is 565. The van der Waals surface area contributed by atoms with Gasteiger partial charge in [-0.15, -0.1) is 0 Å². The molecule has 18 heavy (non-hydrogen) atoms. The SMILES string of the molecule is COc1ccc(C2Cc3cccc(F)c3N2)cc1. The number of methoxy groups -OCH3 is 1. The van der Waals surface area contributed by atoms with Crippen LogP contribution in [-0.4, -0.2) is 7.11 Å². The molecule has 0 aliphatic carbocycles. The van der Waals surface area contributed by atoms with E-state index in [4.69, 9.17) is 4.74 Å². The van der Waals surface area contributed by atoms with Crippen molar-refractivity contribution >= 4 is 5.69 Å². The summed E-state index contributed by atoms with van der Waals surface area (Å²) in [6, 6.07) is 13.2. The van der Waals surface area contributed by atoms with Gasteiger partial charge in [-0.05, 0) is 35.7 Å². The normalized spacial score (nSPS) is 17.1. The van der Waals surface area contributed by atoms with Crippen molar-refractivity contribution in [1.82, 2.24) is 0 Å². The molecular formula is C15H14FNO. The summed E-state index contributed by atoms with van der Waals surface area (Å²) in [4.78, 5) is 0. The fraction of sp³-hybridized carbons (Fsp3) is 0.200. The minimum absolute atomic E-state index is 0.141. The van der Waals surface area contributed by atoms with Crippen LogP contribution in [0.4, 0.5) is 10.1 Å². The third-order valence-electron chi connectivity index (χ3n) is 3.36. The topological polar surface area (TPSA) is 21.3 Å². The Labute approximate surface area is 105 Å². The van der Waals surface area contributed by atoms with Crippen LogP contribution >= 0.6 is 0 Å². The molecule has 0 amide bonds. The van der Waals surface area contributed by atoms with Gasteiger partial charge in [-0.3, -0.25) is 0 Å². The molecule has 0 spiro atoms. The number of hydrogen-bond donors (Lipinski definition) is 1. The lowest BCUT2D eigenvalue weighted by atomic mass is 10.0. The van der Waals surface area contributed by atoms with E-state index in [-0.39, 0.29) is 11.9 Å². The van der Waals surface area contributed by atoms with E-state index in [9.17, 15) is 4.39 Å². The van der Waals surface area contributed by atoms with Crippen molar-refractivity contribution in [2.45, 2.75) is 12.5 Å². The van der Waals surface area contributed by atoms with Crippen LogP contribution in [-0.2, 0) is 6.42 Å².